The van der Waals surface area contributed by atoms with Crippen LogP contribution in [-0.4, -0.2) is 76.2 Å². The van der Waals surface area contributed by atoms with Gasteiger partial charge in [0, 0.05) is 51.6 Å². The molecule has 2 saturated heterocycles. The summed E-state index contributed by atoms with van der Waals surface area (Å²) >= 11 is 0. The molecule has 2 aliphatic rings. The molecule has 172 valence electrons. The van der Waals surface area contributed by atoms with Crippen LogP contribution in [0.5, 0.6) is 5.75 Å². The second-order valence-corrected chi connectivity index (χ2v) is 9.73. The van der Waals surface area contributed by atoms with E-state index in [1.54, 1.807) is 36.5 Å². The number of aromatic nitrogens is 1. The summed E-state index contributed by atoms with van der Waals surface area (Å²) in [5.74, 6) is 0.864. The van der Waals surface area contributed by atoms with Crippen molar-refractivity contribution in [2.75, 3.05) is 51.3 Å². The Balaban J connectivity index is 1.42. The molecule has 0 spiro atoms. The quantitative estimate of drug-likeness (QED) is 0.668. The van der Waals surface area contributed by atoms with Gasteiger partial charge in [0.1, 0.15) is 11.6 Å². The van der Waals surface area contributed by atoms with Crippen LogP contribution in [0.3, 0.4) is 0 Å². The van der Waals surface area contributed by atoms with E-state index in [9.17, 15) is 13.2 Å². The highest BCUT2D eigenvalue weighted by molar-refractivity contribution is 7.89. The van der Waals surface area contributed by atoms with E-state index in [0.29, 0.717) is 49.9 Å². The predicted octanol–water partition coefficient (Wildman–Crippen LogP) is 1.51. The zero-order valence-corrected chi connectivity index (χ0v) is 18.9. The number of carbonyl (C=O) groups is 1. The second-order valence-electron chi connectivity index (χ2n) is 7.79. The minimum Gasteiger partial charge on any atom is -0.497 e. The lowest BCUT2D eigenvalue weighted by atomic mass is 10.2. The molecule has 3 heterocycles. The monoisotopic (exact) mass is 460 g/mol. The molecule has 0 aliphatic carbocycles. The summed E-state index contributed by atoms with van der Waals surface area (Å²) in [6, 6.07) is 9.94. The Bertz CT molecular complexity index is 1050. The smallest absolute Gasteiger partial charge is 0.255 e. The first-order valence-electron chi connectivity index (χ1n) is 10.7. The maximum absolute atomic E-state index is 13.0. The number of nitrogens with one attached hydrogen (secondary N) is 1. The van der Waals surface area contributed by atoms with Gasteiger partial charge in [0.05, 0.1) is 23.7 Å². The van der Waals surface area contributed by atoms with Gasteiger partial charge in [0.15, 0.2) is 0 Å². The molecule has 9 nitrogen and oxygen atoms in total. The number of rotatable bonds is 7. The summed E-state index contributed by atoms with van der Waals surface area (Å²) in [6.07, 6.45) is 3.67. The van der Waals surface area contributed by atoms with Crippen LogP contribution < -0.4 is 15.0 Å². The molecule has 1 amide bonds. The Labute approximate surface area is 188 Å². The molecule has 4 rings (SSSR count). The van der Waals surface area contributed by atoms with Gasteiger partial charge in [0.2, 0.25) is 10.0 Å². The van der Waals surface area contributed by atoms with Crippen molar-refractivity contribution in [3.05, 3.63) is 48.2 Å². The van der Waals surface area contributed by atoms with E-state index in [4.69, 9.17) is 9.47 Å². The van der Waals surface area contributed by atoms with Crippen LogP contribution in [0.2, 0.25) is 0 Å². The fourth-order valence-electron chi connectivity index (χ4n) is 3.98. The molecule has 1 aromatic heterocycles. The maximum Gasteiger partial charge on any atom is 0.255 e. The van der Waals surface area contributed by atoms with Crippen molar-refractivity contribution in [3.8, 4) is 5.75 Å². The highest BCUT2D eigenvalue weighted by atomic mass is 32.2. The van der Waals surface area contributed by atoms with Gasteiger partial charge in [-0.3, -0.25) is 4.79 Å². The first-order chi connectivity index (χ1) is 15.5. The van der Waals surface area contributed by atoms with E-state index >= 15 is 0 Å². The first kappa shape index (κ1) is 22.5. The first-order valence-corrected chi connectivity index (χ1v) is 12.2. The Morgan fingerprint density at radius 3 is 2.75 bits per heavy atom. The highest BCUT2D eigenvalue weighted by Crippen LogP contribution is 2.24. The van der Waals surface area contributed by atoms with E-state index in [0.717, 1.165) is 19.4 Å². The third-order valence-electron chi connectivity index (χ3n) is 5.76. The van der Waals surface area contributed by atoms with Crippen molar-refractivity contribution < 1.29 is 22.7 Å². The molecule has 0 saturated carbocycles. The fraction of sp³-hybridized carbons (Fsp3) is 0.455. The van der Waals surface area contributed by atoms with Crippen molar-refractivity contribution in [2.24, 2.45) is 0 Å². The topological polar surface area (TPSA) is 101 Å². The SMILES string of the molecule is COc1cccc(S(=O)(=O)N2CCN(c3ncccc3C(=O)NC[C@H]3CCCO3)CC2)c1. The van der Waals surface area contributed by atoms with E-state index in [2.05, 4.69) is 10.3 Å². The van der Waals surface area contributed by atoms with Gasteiger partial charge in [-0.25, -0.2) is 13.4 Å². The van der Waals surface area contributed by atoms with Crippen molar-refractivity contribution in [1.82, 2.24) is 14.6 Å². The zero-order chi connectivity index (χ0) is 22.6. The van der Waals surface area contributed by atoms with Crippen molar-refractivity contribution >= 4 is 21.7 Å². The number of pyridine rings is 1. The second kappa shape index (κ2) is 9.85. The standard InChI is InChI=1S/C22H28N4O5S/c1-30-17-5-2-7-19(15-17)32(28,29)26-12-10-25(11-13-26)21-20(8-3-9-23-21)22(27)24-16-18-6-4-14-31-18/h2-3,5,7-9,15,18H,4,6,10-14,16H2,1H3,(H,24,27)/t18-/m1/s1. The molecule has 2 aromatic rings. The van der Waals surface area contributed by atoms with Gasteiger partial charge in [-0.2, -0.15) is 4.31 Å². The number of hydrogen-bond acceptors (Lipinski definition) is 7. The van der Waals surface area contributed by atoms with Crippen molar-refractivity contribution in [3.63, 3.8) is 0 Å². The predicted molar refractivity (Wildman–Crippen MR) is 120 cm³/mol. The normalized spacial score (nSPS) is 19.7. The molecule has 1 atom stereocenters. The van der Waals surface area contributed by atoms with E-state index in [1.807, 2.05) is 4.90 Å². The minimum absolute atomic E-state index is 0.0597. The summed E-state index contributed by atoms with van der Waals surface area (Å²) in [4.78, 5) is 19.4. The number of methoxy groups -OCH3 is 1. The molecular formula is C22H28N4O5S. The van der Waals surface area contributed by atoms with Gasteiger partial charge in [0.25, 0.3) is 5.91 Å². The number of nitrogens with zero attached hydrogens (tertiary/aromatic N) is 3. The summed E-state index contributed by atoms with van der Waals surface area (Å²) in [7, 11) is -2.13. The van der Waals surface area contributed by atoms with Crippen LogP contribution in [0.15, 0.2) is 47.5 Å². The molecule has 32 heavy (non-hydrogen) atoms. The van der Waals surface area contributed by atoms with Crippen LogP contribution in [0.1, 0.15) is 23.2 Å². The number of hydrogen-bond donors (Lipinski definition) is 1. The Morgan fingerprint density at radius 1 is 1.22 bits per heavy atom. The summed E-state index contributed by atoms with van der Waals surface area (Å²) in [5.41, 5.74) is 0.481. The summed E-state index contributed by atoms with van der Waals surface area (Å²) < 4.78 is 38.3. The lowest BCUT2D eigenvalue weighted by Gasteiger charge is -2.35. The van der Waals surface area contributed by atoms with Crippen LogP contribution in [-0.2, 0) is 14.8 Å². The number of sulfonamides is 1. The number of anilines is 1. The Morgan fingerprint density at radius 2 is 2.03 bits per heavy atom. The number of benzene rings is 1. The maximum atomic E-state index is 13.0. The van der Waals surface area contributed by atoms with E-state index < -0.39 is 10.0 Å². The summed E-state index contributed by atoms with van der Waals surface area (Å²) in [6.45, 7) is 2.68. The van der Waals surface area contributed by atoms with Crippen molar-refractivity contribution in [2.45, 2.75) is 23.8 Å². The average molecular weight is 461 g/mol. The molecule has 1 aromatic carbocycles. The molecule has 1 N–H and O–H groups in total. The average Bonchev–Trinajstić information content (AvgIpc) is 3.36. The number of carbonyl (C=O) groups excluding carboxylic acids is 1. The van der Waals surface area contributed by atoms with Crippen LogP contribution in [0, 0.1) is 0 Å². The summed E-state index contributed by atoms with van der Waals surface area (Å²) in [5, 5.41) is 2.94. The number of amides is 1. The number of ether oxygens (including phenoxy) is 2. The zero-order valence-electron chi connectivity index (χ0n) is 18.1. The molecule has 0 bridgehead atoms. The Hall–Kier alpha value is -2.69. The molecule has 0 unspecified atom stereocenters. The molecule has 10 heteroatoms. The van der Waals surface area contributed by atoms with Gasteiger partial charge >= 0.3 is 0 Å². The molecule has 0 radical (unpaired) electrons. The lowest BCUT2D eigenvalue weighted by molar-refractivity contribution is 0.0858. The highest BCUT2D eigenvalue weighted by Gasteiger charge is 2.30. The van der Waals surface area contributed by atoms with Crippen LogP contribution >= 0.6 is 0 Å². The van der Waals surface area contributed by atoms with Crippen molar-refractivity contribution in [1.29, 1.82) is 0 Å². The molecule has 2 fully saturated rings. The Kier molecular flexibility index (Phi) is 6.92. The molecular weight excluding hydrogens is 432 g/mol. The van der Waals surface area contributed by atoms with Gasteiger partial charge < -0.3 is 19.7 Å². The third-order valence-corrected chi connectivity index (χ3v) is 7.66. The third kappa shape index (κ3) is 4.87. The fourth-order valence-corrected chi connectivity index (χ4v) is 5.44. The lowest BCUT2D eigenvalue weighted by Crippen LogP contribution is -2.49. The van der Waals surface area contributed by atoms with E-state index in [-0.39, 0.29) is 16.9 Å². The van der Waals surface area contributed by atoms with Gasteiger partial charge in [-0.05, 0) is 37.1 Å². The van der Waals surface area contributed by atoms with Crippen LogP contribution in [0.25, 0.3) is 0 Å². The minimum atomic E-state index is -3.63. The molecule has 2 aliphatic heterocycles. The largest absolute Gasteiger partial charge is 0.497 e. The number of piperazine rings is 1. The van der Waals surface area contributed by atoms with Crippen LogP contribution in [0.4, 0.5) is 5.82 Å². The van der Waals surface area contributed by atoms with E-state index in [1.165, 1.54) is 17.5 Å². The van der Waals surface area contributed by atoms with Gasteiger partial charge in [-0.1, -0.05) is 6.07 Å². The van der Waals surface area contributed by atoms with Gasteiger partial charge in [-0.15, -0.1) is 0 Å².